The van der Waals surface area contributed by atoms with E-state index in [0.29, 0.717) is 37.1 Å². The van der Waals surface area contributed by atoms with Crippen LogP contribution in [0.4, 0.5) is 11.4 Å². The maximum absolute atomic E-state index is 11.2. The van der Waals surface area contributed by atoms with Gasteiger partial charge in [0.2, 0.25) is 0 Å². The Morgan fingerprint density at radius 3 is 2.56 bits per heavy atom. The standard InChI is InChI=1S/C23H22ClN3O5/c1-30-22-9-10-23-18(14-22)16-26(32-12-11-31-21-7-5-19(24)6-8-21)25(23)15-17-3-2-4-20(13-17)27(28)29/h2-10,13-14H,11-12,15-16H2,1H3. The van der Waals surface area contributed by atoms with Crippen LogP contribution in [0.5, 0.6) is 11.5 Å². The molecule has 32 heavy (non-hydrogen) atoms. The van der Waals surface area contributed by atoms with Gasteiger partial charge in [0.25, 0.3) is 5.69 Å². The number of non-ortho nitro benzene ring substituents is 1. The molecule has 8 nitrogen and oxygen atoms in total. The molecule has 9 heteroatoms. The lowest BCUT2D eigenvalue weighted by Crippen LogP contribution is -2.38. The van der Waals surface area contributed by atoms with Gasteiger partial charge in [0.1, 0.15) is 24.7 Å². The molecule has 0 saturated carbocycles. The molecule has 0 bridgehead atoms. The normalized spacial score (nSPS) is 13.1. The monoisotopic (exact) mass is 455 g/mol. The van der Waals surface area contributed by atoms with Gasteiger partial charge < -0.3 is 9.47 Å². The third-order valence-electron chi connectivity index (χ3n) is 5.00. The lowest BCUT2D eigenvalue weighted by atomic mass is 10.1. The van der Waals surface area contributed by atoms with Gasteiger partial charge in [0.05, 0.1) is 30.8 Å². The number of methoxy groups -OCH3 is 1. The molecule has 0 amide bonds. The Morgan fingerprint density at radius 2 is 1.81 bits per heavy atom. The van der Waals surface area contributed by atoms with Gasteiger partial charge in [-0.05, 0) is 53.6 Å². The number of ether oxygens (including phenoxy) is 2. The summed E-state index contributed by atoms with van der Waals surface area (Å²) in [5.41, 5.74) is 2.85. The molecule has 0 unspecified atom stereocenters. The van der Waals surface area contributed by atoms with Crippen molar-refractivity contribution < 1.29 is 19.2 Å². The van der Waals surface area contributed by atoms with Crippen LogP contribution >= 0.6 is 11.6 Å². The fourth-order valence-electron chi connectivity index (χ4n) is 3.47. The van der Waals surface area contributed by atoms with E-state index >= 15 is 0 Å². The molecule has 1 heterocycles. The fraction of sp³-hybridized carbons (Fsp3) is 0.217. The van der Waals surface area contributed by atoms with Crippen LogP contribution in [0.3, 0.4) is 0 Å². The molecule has 0 fully saturated rings. The molecule has 0 radical (unpaired) electrons. The van der Waals surface area contributed by atoms with Gasteiger partial charge in [0, 0.05) is 17.2 Å². The first-order chi connectivity index (χ1) is 15.5. The van der Waals surface area contributed by atoms with Gasteiger partial charge in [0.15, 0.2) is 0 Å². The highest BCUT2D eigenvalue weighted by Crippen LogP contribution is 2.35. The number of rotatable bonds is 9. The summed E-state index contributed by atoms with van der Waals surface area (Å²) in [5.74, 6) is 1.47. The number of fused-ring (bicyclic) bond motifs is 1. The molecule has 0 spiro atoms. The quantitative estimate of drug-likeness (QED) is 0.255. The number of halogens is 1. The van der Waals surface area contributed by atoms with Crippen molar-refractivity contribution in [3.63, 3.8) is 0 Å². The Morgan fingerprint density at radius 1 is 1.03 bits per heavy atom. The minimum absolute atomic E-state index is 0.0560. The van der Waals surface area contributed by atoms with E-state index in [0.717, 1.165) is 22.6 Å². The second-order valence-electron chi connectivity index (χ2n) is 7.13. The third-order valence-corrected chi connectivity index (χ3v) is 5.25. The molecule has 0 atom stereocenters. The summed E-state index contributed by atoms with van der Waals surface area (Å²) in [6.45, 7) is 1.60. The second kappa shape index (κ2) is 9.86. The summed E-state index contributed by atoms with van der Waals surface area (Å²) in [4.78, 5) is 16.8. The summed E-state index contributed by atoms with van der Waals surface area (Å²) in [6, 6.07) is 19.5. The summed E-state index contributed by atoms with van der Waals surface area (Å²) in [5, 5.41) is 15.5. The molecule has 4 rings (SSSR count). The highest BCUT2D eigenvalue weighted by atomic mass is 35.5. The topological polar surface area (TPSA) is 77.3 Å². The van der Waals surface area contributed by atoms with Gasteiger partial charge in [-0.1, -0.05) is 28.9 Å². The SMILES string of the molecule is COc1ccc2c(c1)CN(OCCOc1ccc(Cl)cc1)N2Cc1cccc([N+](=O)[O-])c1. The molecule has 0 aromatic heterocycles. The van der Waals surface area contributed by atoms with Crippen LogP contribution in [0, 0.1) is 10.1 Å². The van der Waals surface area contributed by atoms with Gasteiger partial charge in [-0.2, -0.15) is 0 Å². The molecule has 3 aromatic rings. The van der Waals surface area contributed by atoms with Crippen molar-refractivity contribution in [1.82, 2.24) is 5.17 Å². The molecular weight excluding hydrogens is 434 g/mol. The molecule has 3 aromatic carbocycles. The minimum atomic E-state index is -0.394. The van der Waals surface area contributed by atoms with Crippen molar-refractivity contribution in [3.05, 3.63) is 93.0 Å². The van der Waals surface area contributed by atoms with Crippen LogP contribution < -0.4 is 14.5 Å². The number of hydrogen-bond acceptors (Lipinski definition) is 7. The Hall–Kier alpha value is -3.33. The Labute approximate surface area is 190 Å². The average Bonchev–Trinajstić information content (AvgIpc) is 3.14. The largest absolute Gasteiger partial charge is 0.497 e. The van der Waals surface area contributed by atoms with Crippen LogP contribution in [-0.4, -0.2) is 30.4 Å². The summed E-state index contributed by atoms with van der Waals surface area (Å²) in [7, 11) is 1.62. The predicted molar refractivity (Wildman–Crippen MR) is 121 cm³/mol. The van der Waals surface area contributed by atoms with Crippen molar-refractivity contribution in [2.24, 2.45) is 0 Å². The van der Waals surface area contributed by atoms with Gasteiger partial charge in [-0.3, -0.25) is 20.0 Å². The van der Waals surface area contributed by atoms with E-state index in [2.05, 4.69) is 0 Å². The molecule has 0 saturated heterocycles. The Kier molecular flexibility index (Phi) is 6.75. The van der Waals surface area contributed by atoms with Crippen LogP contribution in [-0.2, 0) is 17.9 Å². The molecule has 0 aliphatic carbocycles. The lowest BCUT2D eigenvalue weighted by Gasteiger charge is -2.29. The molecule has 0 N–H and O–H groups in total. The Bertz CT molecular complexity index is 1090. The number of hydrazine groups is 1. The fourth-order valence-corrected chi connectivity index (χ4v) is 3.60. The van der Waals surface area contributed by atoms with Crippen LogP contribution in [0.2, 0.25) is 5.02 Å². The highest BCUT2D eigenvalue weighted by molar-refractivity contribution is 6.30. The van der Waals surface area contributed by atoms with Crippen molar-refractivity contribution in [3.8, 4) is 11.5 Å². The van der Waals surface area contributed by atoms with Crippen molar-refractivity contribution in [2.75, 3.05) is 25.3 Å². The number of nitro benzene ring substituents is 1. The first-order valence-electron chi connectivity index (χ1n) is 10.00. The molecule has 166 valence electrons. The minimum Gasteiger partial charge on any atom is -0.497 e. The maximum Gasteiger partial charge on any atom is 0.269 e. The van der Waals surface area contributed by atoms with Gasteiger partial charge in [-0.25, -0.2) is 0 Å². The van der Waals surface area contributed by atoms with Crippen LogP contribution in [0.15, 0.2) is 66.7 Å². The first-order valence-corrected chi connectivity index (χ1v) is 10.4. The van der Waals surface area contributed by atoms with E-state index in [1.165, 1.54) is 6.07 Å². The zero-order chi connectivity index (χ0) is 22.5. The maximum atomic E-state index is 11.2. The average molecular weight is 456 g/mol. The summed E-state index contributed by atoms with van der Waals surface area (Å²) < 4.78 is 11.1. The lowest BCUT2D eigenvalue weighted by molar-refractivity contribution is -0.384. The highest BCUT2D eigenvalue weighted by Gasteiger charge is 2.29. The number of benzene rings is 3. The predicted octanol–water partition coefficient (Wildman–Crippen LogP) is 5.00. The van der Waals surface area contributed by atoms with E-state index < -0.39 is 4.92 Å². The molecular formula is C23H22ClN3O5. The van der Waals surface area contributed by atoms with Crippen molar-refractivity contribution in [1.29, 1.82) is 0 Å². The number of hydroxylamine groups is 1. The summed E-state index contributed by atoms with van der Waals surface area (Å²) >= 11 is 5.90. The number of nitro groups is 1. The number of anilines is 1. The van der Waals surface area contributed by atoms with Crippen LogP contribution in [0.1, 0.15) is 11.1 Å². The summed E-state index contributed by atoms with van der Waals surface area (Å²) in [6.07, 6.45) is 0. The first kappa shape index (κ1) is 21.9. The van der Waals surface area contributed by atoms with Gasteiger partial charge >= 0.3 is 0 Å². The molecule has 1 aliphatic rings. The van der Waals surface area contributed by atoms with Gasteiger partial charge in [-0.15, -0.1) is 0 Å². The van der Waals surface area contributed by atoms with Crippen molar-refractivity contribution in [2.45, 2.75) is 13.1 Å². The van der Waals surface area contributed by atoms with E-state index in [9.17, 15) is 10.1 Å². The second-order valence-corrected chi connectivity index (χ2v) is 7.56. The van der Waals surface area contributed by atoms with Crippen LogP contribution in [0.25, 0.3) is 0 Å². The van der Waals surface area contributed by atoms with E-state index in [-0.39, 0.29) is 5.69 Å². The van der Waals surface area contributed by atoms with E-state index in [1.807, 2.05) is 29.3 Å². The van der Waals surface area contributed by atoms with E-state index in [1.54, 1.807) is 48.7 Å². The third kappa shape index (κ3) is 5.11. The number of nitrogens with zero attached hydrogens (tertiary/aromatic N) is 3. The molecule has 1 aliphatic heterocycles. The van der Waals surface area contributed by atoms with Crippen molar-refractivity contribution >= 4 is 23.0 Å². The zero-order valence-electron chi connectivity index (χ0n) is 17.4. The zero-order valence-corrected chi connectivity index (χ0v) is 18.2. The number of hydrogen-bond donors (Lipinski definition) is 0. The Balaban J connectivity index is 1.46. The van der Waals surface area contributed by atoms with E-state index in [4.69, 9.17) is 25.9 Å². The smallest absolute Gasteiger partial charge is 0.269 e.